The minimum Gasteiger partial charge on any atom is -0.493 e. The predicted molar refractivity (Wildman–Crippen MR) is 105 cm³/mol. The lowest BCUT2D eigenvalue weighted by molar-refractivity contribution is -0.145. The SMILES string of the molecule is COc1ccc(NC(=O)C(C)(C)C(=O)N(C)Cc2ccccc2)cc1OC. The first kappa shape index (κ1) is 20.3. The summed E-state index contributed by atoms with van der Waals surface area (Å²) in [6.07, 6.45) is 0. The van der Waals surface area contributed by atoms with Crippen molar-refractivity contribution in [2.24, 2.45) is 5.41 Å². The van der Waals surface area contributed by atoms with Crippen molar-refractivity contribution >= 4 is 17.5 Å². The van der Waals surface area contributed by atoms with Crippen LogP contribution in [-0.2, 0) is 16.1 Å². The molecule has 0 aliphatic carbocycles. The van der Waals surface area contributed by atoms with E-state index in [0.717, 1.165) is 5.56 Å². The van der Waals surface area contributed by atoms with Crippen LogP contribution in [0.25, 0.3) is 0 Å². The second-order valence-electron chi connectivity index (χ2n) is 6.80. The minimum absolute atomic E-state index is 0.260. The van der Waals surface area contributed by atoms with E-state index < -0.39 is 5.41 Å². The standard InChI is InChI=1S/C21H26N2O4/c1-21(2,20(25)23(3)14-15-9-7-6-8-10-15)19(24)22-16-11-12-17(26-4)18(13-16)27-5/h6-13H,14H2,1-5H3,(H,22,24). The van der Waals surface area contributed by atoms with Crippen molar-refractivity contribution < 1.29 is 19.1 Å². The number of carbonyl (C=O) groups excluding carboxylic acids is 2. The lowest BCUT2D eigenvalue weighted by Crippen LogP contribution is -2.45. The highest BCUT2D eigenvalue weighted by Crippen LogP contribution is 2.31. The van der Waals surface area contributed by atoms with Crippen LogP contribution >= 0.6 is 0 Å². The van der Waals surface area contributed by atoms with Crippen molar-refractivity contribution in [3.8, 4) is 11.5 Å². The average molecular weight is 370 g/mol. The lowest BCUT2D eigenvalue weighted by atomic mass is 9.90. The molecule has 2 aromatic carbocycles. The molecule has 6 nitrogen and oxygen atoms in total. The molecule has 2 aromatic rings. The molecule has 27 heavy (non-hydrogen) atoms. The summed E-state index contributed by atoms with van der Waals surface area (Å²) in [6.45, 7) is 3.67. The summed E-state index contributed by atoms with van der Waals surface area (Å²) in [5, 5.41) is 2.79. The van der Waals surface area contributed by atoms with Gasteiger partial charge in [0, 0.05) is 25.3 Å². The van der Waals surface area contributed by atoms with E-state index in [-0.39, 0.29) is 11.8 Å². The van der Waals surface area contributed by atoms with Gasteiger partial charge in [-0.25, -0.2) is 0 Å². The Balaban J connectivity index is 2.10. The van der Waals surface area contributed by atoms with Crippen molar-refractivity contribution in [3.63, 3.8) is 0 Å². The van der Waals surface area contributed by atoms with Crippen molar-refractivity contribution in [1.82, 2.24) is 4.90 Å². The van der Waals surface area contributed by atoms with E-state index in [4.69, 9.17) is 9.47 Å². The van der Waals surface area contributed by atoms with Gasteiger partial charge < -0.3 is 19.7 Å². The molecule has 144 valence electrons. The number of amides is 2. The third-order valence-corrected chi connectivity index (χ3v) is 4.35. The Kier molecular flexibility index (Phi) is 6.45. The van der Waals surface area contributed by atoms with Crippen LogP contribution in [0.5, 0.6) is 11.5 Å². The third kappa shape index (κ3) is 4.78. The van der Waals surface area contributed by atoms with Gasteiger partial charge in [0.2, 0.25) is 11.8 Å². The Hall–Kier alpha value is -3.02. The molecule has 2 rings (SSSR count). The van der Waals surface area contributed by atoms with E-state index >= 15 is 0 Å². The first-order chi connectivity index (χ1) is 12.8. The van der Waals surface area contributed by atoms with Gasteiger partial charge in [0.1, 0.15) is 5.41 Å². The summed E-state index contributed by atoms with van der Waals surface area (Å²) < 4.78 is 10.4. The molecule has 0 atom stereocenters. The van der Waals surface area contributed by atoms with Gasteiger partial charge in [0.15, 0.2) is 11.5 Å². The third-order valence-electron chi connectivity index (χ3n) is 4.35. The number of methoxy groups -OCH3 is 2. The van der Waals surface area contributed by atoms with Crippen LogP contribution in [0.1, 0.15) is 19.4 Å². The maximum atomic E-state index is 12.8. The smallest absolute Gasteiger partial charge is 0.239 e. The molecule has 0 spiro atoms. The van der Waals surface area contributed by atoms with Crippen LogP contribution in [0.3, 0.4) is 0 Å². The highest BCUT2D eigenvalue weighted by Gasteiger charge is 2.38. The molecule has 0 aliphatic heterocycles. The topological polar surface area (TPSA) is 67.9 Å². The number of rotatable bonds is 7. The van der Waals surface area contributed by atoms with Crippen LogP contribution in [0.2, 0.25) is 0 Å². The molecule has 0 bridgehead atoms. The second-order valence-corrected chi connectivity index (χ2v) is 6.80. The number of anilines is 1. The van der Waals surface area contributed by atoms with Gasteiger partial charge in [0.25, 0.3) is 0 Å². The molecule has 0 saturated carbocycles. The summed E-state index contributed by atoms with van der Waals surface area (Å²) in [4.78, 5) is 27.2. The number of nitrogens with zero attached hydrogens (tertiary/aromatic N) is 1. The first-order valence-corrected chi connectivity index (χ1v) is 8.62. The first-order valence-electron chi connectivity index (χ1n) is 8.62. The van der Waals surface area contributed by atoms with Crippen LogP contribution < -0.4 is 14.8 Å². The number of carbonyl (C=O) groups is 2. The fourth-order valence-electron chi connectivity index (χ4n) is 2.70. The Morgan fingerprint density at radius 1 is 1.00 bits per heavy atom. The number of nitrogens with one attached hydrogen (secondary N) is 1. The van der Waals surface area contributed by atoms with Crippen molar-refractivity contribution in [2.75, 3.05) is 26.6 Å². The van der Waals surface area contributed by atoms with Crippen molar-refractivity contribution in [2.45, 2.75) is 20.4 Å². The highest BCUT2D eigenvalue weighted by molar-refractivity contribution is 6.09. The van der Waals surface area contributed by atoms with Gasteiger partial charge in [0.05, 0.1) is 14.2 Å². The molecular weight excluding hydrogens is 344 g/mol. The van der Waals surface area contributed by atoms with Gasteiger partial charge in [-0.05, 0) is 31.5 Å². The minimum atomic E-state index is -1.23. The summed E-state index contributed by atoms with van der Waals surface area (Å²) in [5.41, 5.74) is 0.310. The largest absolute Gasteiger partial charge is 0.493 e. The molecule has 0 fully saturated rings. The molecule has 0 aromatic heterocycles. The zero-order valence-corrected chi connectivity index (χ0v) is 16.4. The van der Waals surface area contributed by atoms with Crippen LogP contribution in [0.4, 0.5) is 5.69 Å². The van der Waals surface area contributed by atoms with E-state index in [1.165, 1.54) is 7.11 Å². The Bertz CT molecular complexity index is 803. The Morgan fingerprint density at radius 2 is 1.63 bits per heavy atom. The van der Waals surface area contributed by atoms with Crippen molar-refractivity contribution in [3.05, 3.63) is 54.1 Å². The maximum absolute atomic E-state index is 12.8. The second kappa shape index (κ2) is 8.58. The molecule has 0 aliphatic rings. The van der Waals surface area contributed by atoms with Crippen LogP contribution in [0.15, 0.2) is 48.5 Å². The van der Waals surface area contributed by atoms with Gasteiger partial charge in [-0.1, -0.05) is 30.3 Å². The fourth-order valence-corrected chi connectivity index (χ4v) is 2.70. The molecule has 6 heteroatoms. The molecule has 2 amide bonds. The number of hydrogen-bond acceptors (Lipinski definition) is 4. The number of hydrogen-bond donors (Lipinski definition) is 1. The lowest BCUT2D eigenvalue weighted by Gasteiger charge is -2.28. The van der Waals surface area contributed by atoms with Gasteiger partial charge in [-0.15, -0.1) is 0 Å². The summed E-state index contributed by atoms with van der Waals surface area (Å²) in [5.74, 6) is 0.415. The van der Waals surface area contributed by atoms with Crippen molar-refractivity contribution in [1.29, 1.82) is 0 Å². The van der Waals surface area contributed by atoms with E-state index in [1.807, 2.05) is 30.3 Å². The van der Waals surface area contributed by atoms with E-state index in [0.29, 0.717) is 23.7 Å². The molecule has 0 radical (unpaired) electrons. The molecule has 0 saturated heterocycles. The van der Waals surface area contributed by atoms with Crippen LogP contribution in [-0.4, -0.2) is 38.0 Å². The fraction of sp³-hybridized carbons (Fsp3) is 0.333. The molecular formula is C21H26N2O4. The van der Waals surface area contributed by atoms with E-state index in [2.05, 4.69) is 5.32 Å². The monoisotopic (exact) mass is 370 g/mol. The van der Waals surface area contributed by atoms with Gasteiger partial charge in [-0.2, -0.15) is 0 Å². The number of ether oxygens (including phenoxy) is 2. The van der Waals surface area contributed by atoms with Gasteiger partial charge >= 0.3 is 0 Å². The van der Waals surface area contributed by atoms with Gasteiger partial charge in [-0.3, -0.25) is 9.59 Å². The zero-order valence-electron chi connectivity index (χ0n) is 16.4. The number of benzene rings is 2. The highest BCUT2D eigenvalue weighted by atomic mass is 16.5. The van der Waals surface area contributed by atoms with Crippen LogP contribution in [0, 0.1) is 5.41 Å². The summed E-state index contributed by atoms with van der Waals surface area (Å²) in [6, 6.07) is 14.7. The molecule has 1 N–H and O–H groups in total. The molecule has 0 heterocycles. The quantitative estimate of drug-likeness (QED) is 0.759. The summed E-state index contributed by atoms with van der Waals surface area (Å²) in [7, 11) is 4.76. The Labute approximate surface area is 160 Å². The zero-order chi connectivity index (χ0) is 20.0. The van der Waals surface area contributed by atoms with E-state index in [9.17, 15) is 9.59 Å². The van der Waals surface area contributed by atoms with E-state index in [1.54, 1.807) is 51.1 Å². The predicted octanol–water partition coefficient (Wildman–Crippen LogP) is 3.33. The average Bonchev–Trinajstić information content (AvgIpc) is 2.67. The Morgan fingerprint density at radius 3 is 2.22 bits per heavy atom. The summed E-state index contributed by atoms with van der Waals surface area (Å²) >= 11 is 0. The normalized spacial score (nSPS) is 10.9. The molecule has 0 unspecified atom stereocenters. The maximum Gasteiger partial charge on any atom is 0.239 e.